The van der Waals surface area contributed by atoms with Crippen LogP contribution in [0.15, 0.2) is 57.3 Å². The highest BCUT2D eigenvalue weighted by atomic mass is 79.9. The lowest BCUT2D eigenvalue weighted by Crippen LogP contribution is -2.06. The van der Waals surface area contributed by atoms with Gasteiger partial charge in [0.2, 0.25) is 5.78 Å². The van der Waals surface area contributed by atoms with Crippen molar-refractivity contribution in [3.8, 4) is 6.07 Å². The standard InChI is InChI=1S/C23H17BrN2O3S2/c1-2-29-22(28)17-16-6-3-4-12-26(16)19-18(17)21(31-23(19)30-13-5-11-25)20(27)14-7-9-15(24)10-8-14/h3-4,6-10,12H,2,5,13H2,1H3. The van der Waals surface area contributed by atoms with Crippen LogP contribution in [-0.4, -0.2) is 28.5 Å². The van der Waals surface area contributed by atoms with Gasteiger partial charge in [-0.05, 0) is 43.3 Å². The number of aromatic nitrogens is 1. The Labute approximate surface area is 195 Å². The average Bonchev–Trinajstić information content (AvgIpc) is 3.30. The Bertz CT molecular complexity index is 1330. The van der Waals surface area contributed by atoms with Crippen molar-refractivity contribution in [2.75, 3.05) is 12.4 Å². The molecule has 0 aliphatic rings. The Balaban J connectivity index is 2.00. The summed E-state index contributed by atoms with van der Waals surface area (Å²) < 4.78 is 9.08. The van der Waals surface area contributed by atoms with Gasteiger partial charge in [0.1, 0.15) is 0 Å². The van der Waals surface area contributed by atoms with E-state index < -0.39 is 5.97 Å². The summed E-state index contributed by atoms with van der Waals surface area (Å²) in [6.07, 6.45) is 2.28. The highest BCUT2D eigenvalue weighted by Gasteiger charge is 2.29. The summed E-state index contributed by atoms with van der Waals surface area (Å²) in [7, 11) is 0. The van der Waals surface area contributed by atoms with Crippen LogP contribution in [0.1, 0.15) is 38.9 Å². The maximum Gasteiger partial charge on any atom is 0.341 e. The number of carbonyl (C=O) groups is 2. The number of carbonyl (C=O) groups excluding carboxylic acids is 2. The SMILES string of the molecule is CCOC(=O)c1c2c(C(=O)c3ccc(Br)cc3)sc(SCCC#N)c2n2ccccc12. The number of nitrogens with zero attached hydrogens (tertiary/aromatic N) is 2. The Hall–Kier alpha value is -2.60. The normalized spacial score (nSPS) is 11.0. The quantitative estimate of drug-likeness (QED) is 0.125. The number of benzene rings is 1. The molecule has 0 aliphatic heterocycles. The van der Waals surface area contributed by atoms with Crippen LogP contribution in [0.3, 0.4) is 0 Å². The van der Waals surface area contributed by atoms with Gasteiger partial charge in [0.25, 0.3) is 0 Å². The van der Waals surface area contributed by atoms with E-state index in [1.165, 1.54) is 23.1 Å². The largest absolute Gasteiger partial charge is 0.462 e. The van der Waals surface area contributed by atoms with Crippen molar-refractivity contribution in [2.45, 2.75) is 17.6 Å². The molecule has 5 nitrogen and oxygen atoms in total. The fourth-order valence-corrected chi connectivity index (χ4v) is 6.12. The number of thioether (sulfide) groups is 1. The lowest BCUT2D eigenvalue weighted by atomic mass is 10.1. The van der Waals surface area contributed by atoms with E-state index in [0.29, 0.717) is 39.1 Å². The van der Waals surface area contributed by atoms with Crippen molar-refractivity contribution < 1.29 is 14.3 Å². The molecule has 156 valence electrons. The first-order valence-electron chi connectivity index (χ1n) is 9.59. The monoisotopic (exact) mass is 512 g/mol. The zero-order valence-corrected chi connectivity index (χ0v) is 19.8. The molecule has 31 heavy (non-hydrogen) atoms. The molecule has 0 unspecified atom stereocenters. The third kappa shape index (κ3) is 4.01. The second-order valence-electron chi connectivity index (χ2n) is 6.59. The minimum absolute atomic E-state index is 0.143. The molecule has 0 bridgehead atoms. The lowest BCUT2D eigenvalue weighted by molar-refractivity contribution is 0.0531. The molecular formula is C23H17BrN2O3S2. The molecule has 0 radical (unpaired) electrons. The van der Waals surface area contributed by atoms with Gasteiger partial charge in [-0.3, -0.25) is 4.79 Å². The predicted octanol–water partition coefficient (Wildman–Crippen LogP) is 6.33. The number of pyridine rings is 1. The van der Waals surface area contributed by atoms with Gasteiger partial charge in [-0.15, -0.1) is 23.1 Å². The number of esters is 1. The highest BCUT2D eigenvalue weighted by Crippen LogP contribution is 2.44. The fraction of sp³-hybridized carbons (Fsp3) is 0.174. The Morgan fingerprint density at radius 1 is 1.23 bits per heavy atom. The van der Waals surface area contributed by atoms with Crippen molar-refractivity contribution in [1.29, 1.82) is 5.26 Å². The molecule has 0 spiro atoms. The Kier molecular flexibility index (Phi) is 6.46. The molecule has 4 aromatic rings. The van der Waals surface area contributed by atoms with Crippen LogP contribution in [0, 0.1) is 11.3 Å². The lowest BCUT2D eigenvalue weighted by Gasteiger charge is -2.04. The zero-order valence-electron chi connectivity index (χ0n) is 16.6. The number of hydrogen-bond acceptors (Lipinski definition) is 6. The summed E-state index contributed by atoms with van der Waals surface area (Å²) >= 11 is 6.29. The van der Waals surface area contributed by atoms with Crippen molar-refractivity contribution in [3.63, 3.8) is 0 Å². The Morgan fingerprint density at radius 2 is 2.00 bits per heavy atom. The van der Waals surface area contributed by atoms with E-state index in [9.17, 15) is 9.59 Å². The van der Waals surface area contributed by atoms with Crippen molar-refractivity contribution >= 4 is 67.2 Å². The second kappa shape index (κ2) is 9.27. The fourth-order valence-electron chi connectivity index (χ4n) is 3.41. The molecule has 0 saturated carbocycles. The Morgan fingerprint density at radius 3 is 2.71 bits per heavy atom. The van der Waals surface area contributed by atoms with Gasteiger partial charge in [0.15, 0.2) is 0 Å². The van der Waals surface area contributed by atoms with E-state index in [-0.39, 0.29) is 12.4 Å². The van der Waals surface area contributed by atoms with Gasteiger partial charge >= 0.3 is 5.97 Å². The topological polar surface area (TPSA) is 71.6 Å². The van der Waals surface area contributed by atoms with Crippen molar-refractivity contribution in [3.05, 3.63) is 69.1 Å². The van der Waals surface area contributed by atoms with Gasteiger partial charge in [0, 0.05) is 33.8 Å². The van der Waals surface area contributed by atoms with E-state index in [1.807, 2.05) is 40.9 Å². The third-order valence-corrected chi connectivity index (χ3v) is 7.67. The van der Waals surface area contributed by atoms with E-state index in [4.69, 9.17) is 10.00 Å². The molecular weight excluding hydrogens is 496 g/mol. The molecule has 0 atom stereocenters. The summed E-state index contributed by atoms with van der Waals surface area (Å²) in [5.41, 5.74) is 2.46. The molecule has 4 rings (SSSR count). The van der Waals surface area contributed by atoms with Crippen LogP contribution in [0.2, 0.25) is 0 Å². The number of rotatable bonds is 7. The molecule has 3 heterocycles. The molecule has 3 aromatic heterocycles. The molecule has 0 aliphatic carbocycles. The number of thiophene rings is 1. The smallest absolute Gasteiger partial charge is 0.341 e. The highest BCUT2D eigenvalue weighted by molar-refractivity contribution is 9.10. The third-order valence-electron chi connectivity index (χ3n) is 4.70. The predicted molar refractivity (Wildman–Crippen MR) is 127 cm³/mol. The first kappa shape index (κ1) is 21.6. The van der Waals surface area contributed by atoms with E-state index in [2.05, 4.69) is 22.0 Å². The molecule has 0 fully saturated rings. The molecule has 1 aromatic carbocycles. The van der Waals surface area contributed by atoms with Crippen LogP contribution < -0.4 is 0 Å². The zero-order chi connectivity index (χ0) is 22.0. The van der Waals surface area contributed by atoms with Gasteiger partial charge < -0.3 is 9.14 Å². The summed E-state index contributed by atoms with van der Waals surface area (Å²) in [5.74, 6) is 0.0147. The van der Waals surface area contributed by atoms with E-state index in [0.717, 1.165) is 14.2 Å². The number of halogens is 1. The van der Waals surface area contributed by atoms with Crippen LogP contribution >= 0.6 is 39.0 Å². The number of fused-ring (bicyclic) bond motifs is 3. The van der Waals surface area contributed by atoms with E-state index in [1.54, 1.807) is 19.1 Å². The number of nitriles is 1. The summed E-state index contributed by atoms with van der Waals surface area (Å²) in [5, 5.41) is 9.56. The van der Waals surface area contributed by atoms with Gasteiger partial charge in [-0.2, -0.15) is 5.26 Å². The average molecular weight is 513 g/mol. The molecule has 0 N–H and O–H groups in total. The first-order valence-corrected chi connectivity index (χ1v) is 12.2. The van der Waals surface area contributed by atoms with Crippen LogP contribution in [-0.2, 0) is 4.74 Å². The number of hydrogen-bond donors (Lipinski definition) is 0. The number of ether oxygens (including phenoxy) is 1. The molecule has 8 heteroatoms. The van der Waals surface area contributed by atoms with Crippen LogP contribution in [0.5, 0.6) is 0 Å². The summed E-state index contributed by atoms with van der Waals surface area (Å²) in [4.78, 5) is 27.0. The van der Waals surface area contributed by atoms with Crippen molar-refractivity contribution in [2.24, 2.45) is 0 Å². The minimum Gasteiger partial charge on any atom is -0.462 e. The first-order chi connectivity index (χ1) is 15.1. The van der Waals surface area contributed by atoms with Crippen LogP contribution in [0.4, 0.5) is 0 Å². The van der Waals surface area contributed by atoms with Gasteiger partial charge in [0.05, 0.1) is 38.4 Å². The van der Waals surface area contributed by atoms with Crippen molar-refractivity contribution in [1.82, 2.24) is 4.40 Å². The van der Waals surface area contributed by atoms with Gasteiger partial charge in [-0.25, -0.2) is 4.79 Å². The molecule has 0 amide bonds. The maximum absolute atomic E-state index is 13.5. The summed E-state index contributed by atoms with van der Waals surface area (Å²) in [6, 6.07) is 14.9. The molecule has 0 saturated heterocycles. The van der Waals surface area contributed by atoms with Gasteiger partial charge in [-0.1, -0.05) is 22.0 Å². The second-order valence-corrected chi connectivity index (χ2v) is 9.89. The minimum atomic E-state index is -0.447. The van der Waals surface area contributed by atoms with Crippen LogP contribution in [0.25, 0.3) is 16.4 Å². The number of ketones is 1. The maximum atomic E-state index is 13.5. The van der Waals surface area contributed by atoms with E-state index >= 15 is 0 Å². The summed E-state index contributed by atoms with van der Waals surface area (Å²) in [6.45, 7) is 2.01.